The summed E-state index contributed by atoms with van der Waals surface area (Å²) < 4.78 is 27.6. The van der Waals surface area contributed by atoms with Crippen LogP contribution in [0.3, 0.4) is 0 Å². The van der Waals surface area contributed by atoms with Gasteiger partial charge in [0.1, 0.15) is 22.9 Å². The SMILES string of the molecule is CC(C)(C)c1cc(-c2cn(CC(N)Cn3cc(-c4cc(C(C)(C)C)cc(C(C)(C)C)c4)nn3)nn2)cc(C(C)(C)C)c1.O=S1CCOc2ccc(cc2)CCCc2cccc(n2)-c2cccc(n2)CCCc2ccc(cc2)OCC1. The van der Waals surface area contributed by atoms with Gasteiger partial charge in [-0.05, 0) is 166 Å². The Hall–Kier alpha value is -6.83. The summed E-state index contributed by atoms with van der Waals surface area (Å²) >= 11 is 0. The largest absolute Gasteiger partial charge is 0.493 e. The van der Waals surface area contributed by atoms with Crippen LogP contribution in [-0.4, -0.2) is 74.9 Å². The molecule has 13 heteroatoms. The van der Waals surface area contributed by atoms with E-state index in [1.165, 1.54) is 33.4 Å². The van der Waals surface area contributed by atoms with Crippen molar-refractivity contribution >= 4 is 10.8 Å². The number of rotatable bonds is 6. The van der Waals surface area contributed by atoms with E-state index in [4.69, 9.17) is 25.2 Å². The lowest BCUT2D eigenvalue weighted by molar-refractivity contribution is 0.337. The molecule has 0 fully saturated rings. The van der Waals surface area contributed by atoms with Crippen LogP contribution in [0.1, 0.15) is 141 Å². The van der Waals surface area contributed by atoms with Crippen molar-refractivity contribution in [1.82, 2.24) is 40.0 Å². The molecule has 2 N–H and O–H groups in total. The highest BCUT2D eigenvalue weighted by molar-refractivity contribution is 7.85. The molecule has 0 amide bonds. The van der Waals surface area contributed by atoms with Crippen LogP contribution in [-0.2, 0) is 71.2 Å². The molecule has 11 rings (SSSR count). The van der Waals surface area contributed by atoms with Gasteiger partial charge < -0.3 is 15.2 Å². The molecule has 7 heterocycles. The number of nitrogens with two attached hydrogens (primary N) is 1. The molecular weight excluding hydrogens is 1010 g/mol. The van der Waals surface area contributed by atoms with Crippen LogP contribution < -0.4 is 15.2 Å². The van der Waals surface area contributed by atoms with E-state index in [-0.39, 0.29) is 27.7 Å². The minimum atomic E-state index is -0.980. The maximum atomic E-state index is 12.3. The van der Waals surface area contributed by atoms with Gasteiger partial charge in [0.05, 0.1) is 61.6 Å². The van der Waals surface area contributed by atoms with Gasteiger partial charge in [0.2, 0.25) is 0 Å². The second kappa shape index (κ2) is 25.7. The Labute approximate surface area is 478 Å². The number of aryl methyl sites for hydroxylation is 4. The first-order chi connectivity index (χ1) is 37.9. The minimum absolute atomic E-state index is 0.0351. The van der Waals surface area contributed by atoms with Crippen molar-refractivity contribution in [3.05, 3.63) is 178 Å². The minimum Gasteiger partial charge on any atom is -0.493 e. The fraction of sp³-hybridized carbons (Fsp3) is 0.433. The fourth-order valence-corrected chi connectivity index (χ4v) is 10.2. The normalized spacial score (nSPS) is 14.5. The zero-order valence-corrected chi connectivity index (χ0v) is 50.4. The Kier molecular flexibility index (Phi) is 19.1. The number of fused-ring (bicyclic) bond motifs is 2. The number of hydrogen-bond donors (Lipinski definition) is 1. The van der Waals surface area contributed by atoms with Crippen molar-refractivity contribution < 1.29 is 13.7 Å². The average Bonchev–Trinajstić information content (AvgIpc) is 4.09. The van der Waals surface area contributed by atoms with Crippen LogP contribution in [0.15, 0.2) is 134 Å². The van der Waals surface area contributed by atoms with Crippen LogP contribution in [0.5, 0.6) is 11.5 Å². The van der Waals surface area contributed by atoms with Crippen LogP contribution in [0, 0.1) is 0 Å². The molecule has 12 nitrogen and oxygen atoms in total. The lowest BCUT2D eigenvalue weighted by Gasteiger charge is -2.26. The number of aromatic nitrogens is 8. The van der Waals surface area contributed by atoms with Crippen molar-refractivity contribution in [2.45, 2.75) is 162 Å². The summed E-state index contributed by atoms with van der Waals surface area (Å²) in [5.41, 5.74) is 22.4. The predicted molar refractivity (Wildman–Crippen MR) is 327 cm³/mol. The third kappa shape index (κ3) is 17.1. The van der Waals surface area contributed by atoms with Crippen LogP contribution in [0.4, 0.5) is 0 Å². The summed E-state index contributed by atoms with van der Waals surface area (Å²) in [6.07, 6.45) is 9.81. The van der Waals surface area contributed by atoms with E-state index in [1.54, 1.807) is 0 Å². The first-order valence-electron chi connectivity index (χ1n) is 28.5. The smallest absolute Gasteiger partial charge is 0.119 e. The molecule has 0 spiro atoms. The van der Waals surface area contributed by atoms with Gasteiger partial charge in [-0.15, -0.1) is 10.2 Å². The quantitative estimate of drug-likeness (QED) is 0.171. The van der Waals surface area contributed by atoms with Gasteiger partial charge in [0, 0.05) is 39.4 Å². The lowest BCUT2D eigenvalue weighted by atomic mass is 9.79. The van der Waals surface area contributed by atoms with Crippen molar-refractivity contribution in [1.29, 1.82) is 0 Å². The van der Waals surface area contributed by atoms with E-state index in [0.29, 0.717) is 37.8 Å². The number of nitrogens with zero attached hydrogens (tertiary/aromatic N) is 8. The molecule has 0 saturated carbocycles. The summed E-state index contributed by atoms with van der Waals surface area (Å²) in [4.78, 5) is 9.81. The second-order valence-electron chi connectivity index (χ2n) is 25.6. The Morgan fingerprint density at radius 1 is 0.487 bits per heavy atom. The molecule has 0 unspecified atom stereocenters. The molecule has 8 bridgehead atoms. The van der Waals surface area contributed by atoms with Crippen LogP contribution in [0.2, 0.25) is 0 Å². The summed E-state index contributed by atoms with van der Waals surface area (Å²) in [7, 11) is -0.980. The fourth-order valence-electron chi connectivity index (χ4n) is 9.44. The molecule has 3 aliphatic heterocycles. The van der Waals surface area contributed by atoms with Gasteiger partial charge in [0.15, 0.2) is 0 Å². The summed E-state index contributed by atoms with van der Waals surface area (Å²) in [6.45, 7) is 28.9. The third-order valence-electron chi connectivity index (χ3n) is 14.5. The molecule has 0 atom stereocenters. The van der Waals surface area contributed by atoms with Gasteiger partial charge in [-0.25, -0.2) is 0 Å². The number of pyridine rings is 2. The van der Waals surface area contributed by atoms with E-state index >= 15 is 0 Å². The van der Waals surface area contributed by atoms with Gasteiger partial charge >= 0.3 is 0 Å². The first-order valence-corrected chi connectivity index (χ1v) is 30.0. The Bertz CT molecular complexity index is 3030. The highest BCUT2D eigenvalue weighted by Crippen LogP contribution is 2.35. The number of benzene rings is 4. The molecule has 4 aromatic carbocycles. The first kappa shape index (κ1) is 59.3. The molecule has 0 saturated heterocycles. The molecule has 80 heavy (non-hydrogen) atoms. The van der Waals surface area contributed by atoms with Crippen molar-refractivity contribution in [3.63, 3.8) is 0 Å². The summed E-state index contributed by atoms with van der Waals surface area (Å²) in [5, 5.41) is 17.9. The molecule has 0 aliphatic carbocycles. The topological polar surface area (TPSA) is 149 Å². The zero-order valence-electron chi connectivity index (χ0n) is 49.6. The maximum Gasteiger partial charge on any atom is 0.119 e. The molecule has 0 radical (unpaired) electrons. The zero-order chi connectivity index (χ0) is 57.2. The van der Waals surface area contributed by atoms with Gasteiger partial charge in [-0.1, -0.05) is 142 Å². The molecule has 3 aliphatic rings. The highest BCUT2D eigenvalue weighted by atomic mass is 32.2. The van der Waals surface area contributed by atoms with E-state index in [1.807, 2.05) is 58.2 Å². The van der Waals surface area contributed by atoms with Crippen LogP contribution >= 0.6 is 0 Å². The standard InChI is InChI=1S/C35H51N7.C32H34N2O3S/c1-32(2,3)25-13-23(14-26(17-25)33(4,5)6)30-21-41(39-37-30)19-29(36)20-42-22-31(38-40-42)24-15-27(34(7,8)9)18-28(16-24)35(10,11)12;35-38-23-21-36-29-17-13-25(14-18-29)5-1-7-27-9-3-11-31(33-27)32-12-4-10-28(34-32)8-2-6-26-15-19-30(20-16-26)37-22-24-38/h13-18,21-22,29H,19-20,36H2,1-12H3;3-4,9-20H,1-2,5-8,21-24H2. The molecular formula is C67H85N9O3S. The Balaban J connectivity index is 0.000000211. The maximum absolute atomic E-state index is 12.3. The molecule has 422 valence electrons. The third-order valence-corrected chi connectivity index (χ3v) is 15.8. The van der Waals surface area contributed by atoms with Crippen LogP contribution in [0.25, 0.3) is 33.9 Å². The average molecular weight is 1100 g/mol. The van der Waals surface area contributed by atoms with Crippen molar-refractivity contribution in [2.24, 2.45) is 5.73 Å². The van der Waals surface area contributed by atoms with E-state index in [9.17, 15) is 4.21 Å². The van der Waals surface area contributed by atoms with Gasteiger partial charge in [0.25, 0.3) is 0 Å². The van der Waals surface area contributed by atoms with Gasteiger partial charge in [-0.2, -0.15) is 0 Å². The number of ether oxygens (including phenoxy) is 2. The second-order valence-corrected chi connectivity index (χ2v) is 27.3. The van der Waals surface area contributed by atoms with Gasteiger partial charge in [-0.3, -0.25) is 23.5 Å². The van der Waals surface area contributed by atoms with E-state index < -0.39 is 10.8 Å². The Morgan fingerprint density at radius 2 is 0.850 bits per heavy atom. The van der Waals surface area contributed by atoms with Crippen molar-refractivity contribution in [3.8, 4) is 45.4 Å². The molecule has 4 aromatic heterocycles. The summed E-state index contributed by atoms with van der Waals surface area (Å²) in [6, 6.07) is 42.2. The number of hydrogen-bond acceptors (Lipinski definition) is 10. The molecule has 8 aromatic rings. The predicted octanol–water partition coefficient (Wildman–Crippen LogP) is 13.4. The highest BCUT2D eigenvalue weighted by Gasteiger charge is 2.24. The Morgan fingerprint density at radius 3 is 1.20 bits per heavy atom. The van der Waals surface area contributed by atoms with E-state index in [2.05, 4.69) is 189 Å². The lowest BCUT2D eigenvalue weighted by Crippen LogP contribution is -2.31. The van der Waals surface area contributed by atoms with E-state index in [0.717, 1.165) is 95.3 Å². The summed E-state index contributed by atoms with van der Waals surface area (Å²) in [5.74, 6) is 2.60. The van der Waals surface area contributed by atoms with Crippen molar-refractivity contribution in [2.75, 3.05) is 24.7 Å². The monoisotopic (exact) mass is 1100 g/mol.